The van der Waals surface area contributed by atoms with Crippen molar-refractivity contribution in [2.45, 2.75) is 25.9 Å². The lowest BCUT2D eigenvalue weighted by atomic mass is 10.0. The van der Waals surface area contributed by atoms with Crippen LogP contribution in [-0.4, -0.2) is 39.9 Å². The molecule has 0 radical (unpaired) electrons. The third kappa shape index (κ3) is 5.62. The molecule has 3 heterocycles. The predicted molar refractivity (Wildman–Crippen MR) is 140 cm³/mol. The molecule has 0 bridgehead atoms. The minimum atomic E-state index is -0.240. The first kappa shape index (κ1) is 22.9. The van der Waals surface area contributed by atoms with Gasteiger partial charge >= 0.3 is 0 Å². The Bertz CT molecular complexity index is 1320. The van der Waals surface area contributed by atoms with E-state index >= 15 is 0 Å². The molecule has 0 aliphatic carbocycles. The smallest absolute Gasteiger partial charge is 0.274 e. The van der Waals surface area contributed by atoms with E-state index in [9.17, 15) is 4.79 Å². The molecule has 1 fully saturated rings. The Kier molecular flexibility index (Phi) is 6.66. The molecule has 35 heavy (non-hydrogen) atoms. The summed E-state index contributed by atoms with van der Waals surface area (Å²) in [5.41, 5.74) is 13.3. The molecule has 3 N–H and O–H groups in total. The second-order valence-electron chi connectivity index (χ2n) is 9.14. The molecule has 6 nitrogen and oxygen atoms in total. The number of hydrogen-bond acceptors (Lipinski definition) is 5. The van der Waals surface area contributed by atoms with Crippen LogP contribution in [0.25, 0.3) is 22.3 Å². The summed E-state index contributed by atoms with van der Waals surface area (Å²) in [5, 5.41) is 3.07. The summed E-state index contributed by atoms with van der Waals surface area (Å²) in [5.74, 6) is -0.240. The predicted octanol–water partition coefficient (Wildman–Crippen LogP) is 4.90. The number of benzene rings is 2. The zero-order valence-electron chi connectivity index (χ0n) is 19.8. The molecule has 2 aromatic carbocycles. The van der Waals surface area contributed by atoms with Gasteiger partial charge in [-0.1, -0.05) is 36.4 Å². The summed E-state index contributed by atoms with van der Waals surface area (Å²) < 4.78 is 0. The van der Waals surface area contributed by atoms with Crippen molar-refractivity contribution in [2.75, 3.05) is 18.4 Å². The van der Waals surface area contributed by atoms with Gasteiger partial charge in [0.15, 0.2) is 0 Å². The maximum Gasteiger partial charge on any atom is 0.274 e. The average molecular weight is 464 g/mol. The minimum Gasteiger partial charge on any atom is -0.326 e. The number of carbonyl (C=O) groups excluding carboxylic acids is 1. The largest absolute Gasteiger partial charge is 0.326 e. The highest BCUT2D eigenvalue weighted by Gasteiger charge is 2.20. The Labute approximate surface area is 205 Å². The first-order valence-corrected chi connectivity index (χ1v) is 11.9. The van der Waals surface area contributed by atoms with Gasteiger partial charge in [0, 0.05) is 55.0 Å². The number of anilines is 1. The van der Waals surface area contributed by atoms with E-state index in [1.165, 1.54) is 0 Å². The molecule has 1 atom stereocenters. The molecule has 5 rings (SSSR count). The Hall–Kier alpha value is -3.87. The van der Waals surface area contributed by atoms with Crippen molar-refractivity contribution in [1.82, 2.24) is 14.9 Å². The van der Waals surface area contributed by atoms with Crippen LogP contribution < -0.4 is 11.1 Å². The van der Waals surface area contributed by atoms with Crippen LogP contribution in [0.15, 0.2) is 85.2 Å². The Balaban J connectivity index is 1.43. The summed E-state index contributed by atoms with van der Waals surface area (Å²) in [6.45, 7) is 4.62. The molecule has 1 amide bonds. The number of nitrogens with zero attached hydrogens (tertiary/aromatic N) is 3. The lowest BCUT2D eigenvalue weighted by Crippen LogP contribution is -2.26. The Morgan fingerprint density at radius 1 is 0.971 bits per heavy atom. The number of pyridine rings is 2. The number of nitrogens with one attached hydrogen (secondary N) is 1. The molecule has 176 valence electrons. The van der Waals surface area contributed by atoms with Crippen molar-refractivity contribution in [3.63, 3.8) is 0 Å². The van der Waals surface area contributed by atoms with E-state index in [1.54, 1.807) is 6.20 Å². The summed E-state index contributed by atoms with van der Waals surface area (Å²) in [4.78, 5) is 24.3. The first-order valence-electron chi connectivity index (χ1n) is 11.9. The minimum absolute atomic E-state index is 0.224. The van der Waals surface area contributed by atoms with Gasteiger partial charge in [-0.05, 0) is 72.0 Å². The van der Waals surface area contributed by atoms with Gasteiger partial charge in [0.1, 0.15) is 5.69 Å². The van der Waals surface area contributed by atoms with E-state index in [0.717, 1.165) is 65.3 Å². The van der Waals surface area contributed by atoms with Crippen LogP contribution in [0.2, 0.25) is 0 Å². The Morgan fingerprint density at radius 3 is 2.57 bits per heavy atom. The van der Waals surface area contributed by atoms with Crippen molar-refractivity contribution in [1.29, 1.82) is 0 Å². The maximum absolute atomic E-state index is 13.2. The van der Waals surface area contributed by atoms with Crippen molar-refractivity contribution in [3.8, 4) is 22.3 Å². The van der Waals surface area contributed by atoms with Crippen LogP contribution >= 0.6 is 0 Å². The number of aryl methyl sites for hydroxylation is 1. The molecule has 2 aromatic heterocycles. The van der Waals surface area contributed by atoms with Gasteiger partial charge in [0.25, 0.3) is 5.91 Å². The van der Waals surface area contributed by atoms with Gasteiger partial charge in [-0.3, -0.25) is 19.7 Å². The first-order chi connectivity index (χ1) is 17.0. The molecule has 0 unspecified atom stereocenters. The van der Waals surface area contributed by atoms with E-state index in [2.05, 4.69) is 32.3 Å². The summed E-state index contributed by atoms with van der Waals surface area (Å²) in [6.07, 6.45) is 4.55. The SMILES string of the molecule is Cc1ccc(-c2cc(CN3CC[C@H](N)C3)cc(NC(=O)c3cc(-c4ccccc4)ccn3)c2)cn1. The molecular weight excluding hydrogens is 434 g/mol. The van der Waals surface area contributed by atoms with Gasteiger partial charge in [-0.25, -0.2) is 0 Å². The van der Waals surface area contributed by atoms with Gasteiger partial charge in [-0.2, -0.15) is 0 Å². The van der Waals surface area contributed by atoms with Crippen molar-refractivity contribution in [3.05, 3.63) is 102 Å². The lowest BCUT2D eigenvalue weighted by Gasteiger charge is -2.17. The van der Waals surface area contributed by atoms with Crippen LogP contribution in [0, 0.1) is 6.92 Å². The zero-order chi connectivity index (χ0) is 24.2. The van der Waals surface area contributed by atoms with Gasteiger partial charge < -0.3 is 11.1 Å². The molecule has 0 spiro atoms. The summed E-state index contributed by atoms with van der Waals surface area (Å²) in [6, 6.07) is 24.2. The summed E-state index contributed by atoms with van der Waals surface area (Å²) in [7, 11) is 0. The number of hydrogen-bond donors (Lipinski definition) is 2. The van der Waals surface area contributed by atoms with E-state index < -0.39 is 0 Å². The fourth-order valence-corrected chi connectivity index (χ4v) is 4.49. The van der Waals surface area contributed by atoms with E-state index in [-0.39, 0.29) is 11.9 Å². The fraction of sp³-hybridized carbons (Fsp3) is 0.207. The summed E-state index contributed by atoms with van der Waals surface area (Å²) >= 11 is 0. The molecule has 1 aliphatic rings. The normalized spacial score (nSPS) is 15.8. The van der Waals surface area contributed by atoms with Crippen molar-refractivity contribution in [2.24, 2.45) is 5.73 Å². The Morgan fingerprint density at radius 2 is 1.83 bits per heavy atom. The molecular formula is C29H29N5O. The maximum atomic E-state index is 13.2. The number of amides is 1. The highest BCUT2D eigenvalue weighted by atomic mass is 16.1. The third-order valence-electron chi connectivity index (χ3n) is 6.31. The van der Waals surface area contributed by atoms with Gasteiger partial charge in [0.2, 0.25) is 0 Å². The molecule has 1 aliphatic heterocycles. The zero-order valence-corrected chi connectivity index (χ0v) is 19.8. The second kappa shape index (κ2) is 10.2. The monoisotopic (exact) mass is 463 g/mol. The van der Waals surface area contributed by atoms with Crippen molar-refractivity contribution < 1.29 is 4.79 Å². The van der Waals surface area contributed by atoms with Crippen LogP contribution in [0.1, 0.15) is 28.2 Å². The molecule has 6 heteroatoms. The van der Waals surface area contributed by atoms with Gasteiger partial charge in [0.05, 0.1) is 0 Å². The lowest BCUT2D eigenvalue weighted by molar-refractivity contribution is 0.102. The average Bonchev–Trinajstić information content (AvgIpc) is 3.29. The standard InChI is InChI=1S/C29H29N5O/c1-20-7-8-24(17-32-20)25-13-21(18-34-12-10-26(30)19-34)14-27(15-25)33-29(35)28-16-23(9-11-31-28)22-5-3-2-4-6-22/h2-9,11,13-17,26H,10,12,18-19,30H2,1H3,(H,33,35)/t26-/m0/s1. The quantitative estimate of drug-likeness (QED) is 0.425. The van der Waals surface area contributed by atoms with Crippen LogP contribution in [0.4, 0.5) is 5.69 Å². The second-order valence-corrected chi connectivity index (χ2v) is 9.14. The number of aromatic nitrogens is 2. The van der Waals surface area contributed by atoms with E-state index in [1.807, 2.05) is 73.8 Å². The molecule has 4 aromatic rings. The highest BCUT2D eigenvalue weighted by Crippen LogP contribution is 2.27. The van der Waals surface area contributed by atoms with Gasteiger partial charge in [-0.15, -0.1) is 0 Å². The topological polar surface area (TPSA) is 84.1 Å². The number of carbonyl (C=O) groups is 1. The number of rotatable bonds is 6. The highest BCUT2D eigenvalue weighted by molar-refractivity contribution is 6.03. The fourth-order valence-electron chi connectivity index (χ4n) is 4.49. The van der Waals surface area contributed by atoms with Crippen molar-refractivity contribution >= 4 is 11.6 Å². The number of nitrogens with two attached hydrogens (primary N) is 1. The van der Waals surface area contributed by atoms with Crippen LogP contribution in [0.5, 0.6) is 0 Å². The van der Waals surface area contributed by atoms with E-state index in [0.29, 0.717) is 5.69 Å². The third-order valence-corrected chi connectivity index (χ3v) is 6.31. The molecule has 1 saturated heterocycles. The molecule has 0 saturated carbocycles. The van der Waals surface area contributed by atoms with E-state index in [4.69, 9.17) is 5.73 Å². The van der Waals surface area contributed by atoms with Crippen LogP contribution in [0.3, 0.4) is 0 Å². The number of likely N-dealkylation sites (tertiary alicyclic amines) is 1. The van der Waals surface area contributed by atoms with Crippen LogP contribution in [-0.2, 0) is 6.54 Å².